The van der Waals surface area contributed by atoms with Crippen LogP contribution in [0.2, 0.25) is 0 Å². The molecule has 1 aromatic heterocycles. The molecule has 1 atom stereocenters. The van der Waals surface area contributed by atoms with E-state index in [4.69, 9.17) is 0 Å². The van der Waals surface area contributed by atoms with Crippen LogP contribution in [0, 0.1) is 0 Å². The molecule has 0 aliphatic carbocycles. The second kappa shape index (κ2) is 2.94. The van der Waals surface area contributed by atoms with Gasteiger partial charge in [-0.15, -0.1) is 0 Å². The first-order valence-electron chi connectivity index (χ1n) is 4.45. The van der Waals surface area contributed by atoms with E-state index in [2.05, 4.69) is 25.1 Å². The minimum atomic E-state index is -0.323. The Balaban J connectivity index is 2.39. The number of aromatic nitrogens is 3. The Bertz CT molecular complexity index is 378. The van der Waals surface area contributed by atoms with Gasteiger partial charge in [0.1, 0.15) is 11.9 Å². The van der Waals surface area contributed by atoms with Gasteiger partial charge in [0.15, 0.2) is 5.82 Å². The molecule has 0 aromatic carbocycles. The van der Waals surface area contributed by atoms with Gasteiger partial charge in [0.05, 0.1) is 5.70 Å². The SMILES string of the molecule is CC1=CN(C)C(C)(c2ncn[nH]2)C=N1. The molecule has 0 spiro atoms. The maximum Gasteiger partial charge on any atom is 0.155 e. The quantitative estimate of drug-likeness (QED) is 0.717. The molecule has 0 amide bonds. The van der Waals surface area contributed by atoms with Crippen molar-refractivity contribution in [3.8, 4) is 0 Å². The number of hydrogen-bond donors (Lipinski definition) is 1. The van der Waals surface area contributed by atoms with E-state index in [1.54, 1.807) is 0 Å². The van der Waals surface area contributed by atoms with Crippen LogP contribution in [0.5, 0.6) is 0 Å². The lowest BCUT2D eigenvalue weighted by Gasteiger charge is -2.35. The molecular weight excluding hydrogens is 178 g/mol. The summed E-state index contributed by atoms with van der Waals surface area (Å²) in [6.07, 6.45) is 5.37. The summed E-state index contributed by atoms with van der Waals surface area (Å²) >= 11 is 0. The van der Waals surface area contributed by atoms with Gasteiger partial charge in [-0.2, -0.15) is 5.10 Å². The normalized spacial score (nSPS) is 26.5. The van der Waals surface area contributed by atoms with Crippen LogP contribution in [0.4, 0.5) is 0 Å². The molecule has 5 nitrogen and oxygen atoms in total. The largest absolute Gasteiger partial charge is 0.362 e. The standard InChI is InChI=1S/C9H13N5/c1-7-4-14(3)9(2,5-10-7)8-11-6-12-13-8/h4-6H,1-3H3,(H,11,12,13). The average molecular weight is 191 g/mol. The highest BCUT2D eigenvalue weighted by Crippen LogP contribution is 2.25. The predicted octanol–water partition coefficient (Wildman–Crippen LogP) is 0.897. The molecule has 74 valence electrons. The summed E-state index contributed by atoms with van der Waals surface area (Å²) in [5.74, 6) is 0.799. The van der Waals surface area contributed by atoms with Gasteiger partial charge in [0.25, 0.3) is 0 Å². The number of rotatable bonds is 1. The molecule has 2 heterocycles. The van der Waals surface area contributed by atoms with Gasteiger partial charge in [0.2, 0.25) is 0 Å². The highest BCUT2D eigenvalue weighted by molar-refractivity contribution is 5.73. The second-order valence-corrected chi connectivity index (χ2v) is 3.62. The number of nitrogens with zero attached hydrogens (tertiary/aromatic N) is 4. The van der Waals surface area contributed by atoms with E-state index in [-0.39, 0.29) is 5.54 Å². The Labute approximate surface area is 82.6 Å². The fourth-order valence-electron chi connectivity index (χ4n) is 1.44. The van der Waals surface area contributed by atoms with Crippen LogP contribution < -0.4 is 0 Å². The van der Waals surface area contributed by atoms with Crippen molar-refractivity contribution in [2.75, 3.05) is 7.05 Å². The first-order valence-corrected chi connectivity index (χ1v) is 4.45. The predicted molar refractivity (Wildman–Crippen MR) is 53.7 cm³/mol. The summed E-state index contributed by atoms with van der Waals surface area (Å²) in [4.78, 5) is 10.5. The van der Waals surface area contributed by atoms with Crippen molar-refractivity contribution in [1.29, 1.82) is 0 Å². The molecule has 1 unspecified atom stereocenters. The van der Waals surface area contributed by atoms with Gasteiger partial charge in [0, 0.05) is 19.5 Å². The first kappa shape index (κ1) is 8.93. The Hall–Kier alpha value is -1.65. The third-order valence-electron chi connectivity index (χ3n) is 2.53. The molecule has 0 bridgehead atoms. The van der Waals surface area contributed by atoms with E-state index in [0.717, 1.165) is 11.5 Å². The molecule has 1 aliphatic heterocycles. The third-order valence-corrected chi connectivity index (χ3v) is 2.53. The Morgan fingerprint density at radius 2 is 2.29 bits per heavy atom. The Morgan fingerprint density at radius 3 is 2.86 bits per heavy atom. The van der Waals surface area contributed by atoms with Crippen molar-refractivity contribution in [3.05, 3.63) is 24.0 Å². The molecule has 1 aliphatic rings. The van der Waals surface area contributed by atoms with Crippen LogP contribution in [0.1, 0.15) is 19.7 Å². The lowest BCUT2D eigenvalue weighted by Crippen LogP contribution is -2.42. The summed E-state index contributed by atoms with van der Waals surface area (Å²) in [6.45, 7) is 4.01. The summed E-state index contributed by atoms with van der Waals surface area (Å²) in [5.41, 5.74) is 0.667. The zero-order valence-corrected chi connectivity index (χ0v) is 8.52. The third kappa shape index (κ3) is 1.21. The first-order chi connectivity index (χ1) is 6.63. The maximum atomic E-state index is 4.30. The van der Waals surface area contributed by atoms with Crippen molar-refractivity contribution >= 4 is 6.21 Å². The number of aliphatic imine (C=N–C) groups is 1. The van der Waals surface area contributed by atoms with E-state index < -0.39 is 0 Å². The molecule has 0 radical (unpaired) electrons. The molecule has 1 aromatic rings. The van der Waals surface area contributed by atoms with Crippen molar-refractivity contribution in [2.24, 2.45) is 4.99 Å². The Kier molecular flexibility index (Phi) is 1.87. The topological polar surface area (TPSA) is 57.2 Å². The number of nitrogens with one attached hydrogen (secondary N) is 1. The zero-order chi connectivity index (χ0) is 10.2. The minimum Gasteiger partial charge on any atom is -0.362 e. The molecule has 5 heteroatoms. The maximum absolute atomic E-state index is 4.30. The zero-order valence-electron chi connectivity index (χ0n) is 8.52. The smallest absolute Gasteiger partial charge is 0.155 e. The van der Waals surface area contributed by atoms with Crippen molar-refractivity contribution in [2.45, 2.75) is 19.4 Å². The van der Waals surface area contributed by atoms with E-state index in [1.807, 2.05) is 33.3 Å². The van der Waals surface area contributed by atoms with E-state index in [0.29, 0.717) is 0 Å². The van der Waals surface area contributed by atoms with Crippen LogP contribution in [-0.4, -0.2) is 33.3 Å². The Morgan fingerprint density at radius 1 is 1.50 bits per heavy atom. The fraction of sp³-hybridized carbons (Fsp3) is 0.444. The molecular formula is C9H13N5. The van der Waals surface area contributed by atoms with Crippen LogP contribution in [0.15, 0.2) is 23.2 Å². The van der Waals surface area contributed by atoms with Crippen molar-refractivity contribution < 1.29 is 0 Å². The van der Waals surface area contributed by atoms with Gasteiger partial charge >= 0.3 is 0 Å². The monoisotopic (exact) mass is 191 g/mol. The van der Waals surface area contributed by atoms with Gasteiger partial charge in [-0.1, -0.05) is 0 Å². The van der Waals surface area contributed by atoms with E-state index in [9.17, 15) is 0 Å². The van der Waals surface area contributed by atoms with Gasteiger partial charge in [-0.3, -0.25) is 10.1 Å². The van der Waals surface area contributed by atoms with Crippen LogP contribution in [0.3, 0.4) is 0 Å². The summed E-state index contributed by atoms with van der Waals surface area (Å²) in [7, 11) is 2.00. The van der Waals surface area contributed by atoms with Gasteiger partial charge in [-0.25, -0.2) is 4.98 Å². The van der Waals surface area contributed by atoms with Crippen molar-refractivity contribution in [3.63, 3.8) is 0 Å². The van der Waals surface area contributed by atoms with Crippen LogP contribution >= 0.6 is 0 Å². The van der Waals surface area contributed by atoms with Gasteiger partial charge in [-0.05, 0) is 13.8 Å². The highest BCUT2D eigenvalue weighted by atomic mass is 15.3. The molecule has 0 saturated carbocycles. The minimum absolute atomic E-state index is 0.323. The molecule has 14 heavy (non-hydrogen) atoms. The second-order valence-electron chi connectivity index (χ2n) is 3.62. The average Bonchev–Trinajstić information content (AvgIpc) is 2.65. The number of hydrogen-bond acceptors (Lipinski definition) is 4. The fourth-order valence-corrected chi connectivity index (χ4v) is 1.44. The molecule has 2 rings (SSSR count). The lowest BCUT2D eigenvalue weighted by molar-refractivity contribution is 0.275. The number of aromatic amines is 1. The van der Waals surface area contributed by atoms with Crippen LogP contribution in [-0.2, 0) is 5.54 Å². The molecule has 0 fully saturated rings. The van der Waals surface area contributed by atoms with E-state index >= 15 is 0 Å². The lowest BCUT2D eigenvalue weighted by atomic mass is 10.0. The number of allylic oxidation sites excluding steroid dienone is 1. The molecule has 1 N–H and O–H groups in total. The summed E-state index contributed by atoms with van der Waals surface area (Å²) < 4.78 is 0. The van der Waals surface area contributed by atoms with Gasteiger partial charge < -0.3 is 4.90 Å². The van der Waals surface area contributed by atoms with Crippen molar-refractivity contribution in [1.82, 2.24) is 20.1 Å². The van der Waals surface area contributed by atoms with Crippen LogP contribution in [0.25, 0.3) is 0 Å². The summed E-state index contributed by atoms with van der Waals surface area (Å²) in [6, 6.07) is 0. The van der Waals surface area contributed by atoms with E-state index in [1.165, 1.54) is 6.33 Å². The number of H-pyrrole nitrogens is 1. The molecule has 0 saturated heterocycles. The highest BCUT2D eigenvalue weighted by Gasteiger charge is 2.33. The summed E-state index contributed by atoms with van der Waals surface area (Å²) in [5, 5.41) is 6.72.